The molecule has 0 aliphatic heterocycles. The Balaban J connectivity index is 1.61. The van der Waals surface area contributed by atoms with Gasteiger partial charge in [-0.3, -0.25) is 9.52 Å². The van der Waals surface area contributed by atoms with Gasteiger partial charge in [0.05, 0.1) is 10.1 Å². The Bertz CT molecular complexity index is 1120. The lowest BCUT2D eigenvalue weighted by atomic mass is 10.3. The summed E-state index contributed by atoms with van der Waals surface area (Å²) in [5.41, 5.74) is 0.962. The van der Waals surface area contributed by atoms with Crippen molar-refractivity contribution in [1.29, 1.82) is 0 Å². The van der Waals surface area contributed by atoms with E-state index in [4.69, 9.17) is 23.2 Å². The monoisotopic (exact) mass is 480 g/mol. The van der Waals surface area contributed by atoms with Gasteiger partial charge in [0.1, 0.15) is 0 Å². The van der Waals surface area contributed by atoms with Crippen molar-refractivity contribution in [3.8, 4) is 0 Å². The first-order valence-electron chi connectivity index (χ1n) is 8.84. The van der Waals surface area contributed by atoms with Gasteiger partial charge >= 0.3 is 0 Å². The van der Waals surface area contributed by atoms with E-state index >= 15 is 0 Å². The molecule has 0 aliphatic carbocycles. The molecule has 1 unspecified atom stereocenters. The van der Waals surface area contributed by atoms with Gasteiger partial charge in [0, 0.05) is 26.3 Å². The van der Waals surface area contributed by atoms with E-state index in [9.17, 15) is 13.2 Å². The van der Waals surface area contributed by atoms with Crippen LogP contribution in [0, 0.1) is 0 Å². The van der Waals surface area contributed by atoms with Crippen LogP contribution < -0.4 is 10.0 Å². The Hall–Kier alpha value is -2.19. The Morgan fingerprint density at radius 1 is 0.900 bits per heavy atom. The maximum absolute atomic E-state index is 12.4. The number of anilines is 2. The standard InChI is InChI=1S/C21H18Cl2N2O3S2/c1-14(21(26)24-18-12-15(22)11-16(23)13-18)29-19-9-7-17(8-10-19)25-30(27,28)20-5-3-2-4-6-20/h2-14,25H,1H3,(H,24,26). The minimum atomic E-state index is -3.65. The molecular weight excluding hydrogens is 463 g/mol. The van der Waals surface area contributed by atoms with Crippen LogP contribution in [0.25, 0.3) is 0 Å². The van der Waals surface area contributed by atoms with Crippen LogP contribution in [-0.2, 0) is 14.8 Å². The van der Waals surface area contributed by atoms with Gasteiger partial charge in [-0.05, 0) is 61.5 Å². The van der Waals surface area contributed by atoms with Crippen molar-refractivity contribution >= 4 is 62.3 Å². The molecule has 0 radical (unpaired) electrons. The lowest BCUT2D eigenvalue weighted by molar-refractivity contribution is -0.115. The van der Waals surface area contributed by atoms with Crippen molar-refractivity contribution in [1.82, 2.24) is 0 Å². The van der Waals surface area contributed by atoms with Gasteiger partial charge in [0.25, 0.3) is 10.0 Å². The number of amides is 1. The molecule has 0 saturated carbocycles. The van der Waals surface area contributed by atoms with Crippen LogP contribution in [0.15, 0.2) is 82.6 Å². The summed E-state index contributed by atoms with van der Waals surface area (Å²) in [7, 11) is -3.65. The zero-order valence-corrected chi connectivity index (χ0v) is 18.9. The lowest BCUT2D eigenvalue weighted by Gasteiger charge is -2.13. The quantitative estimate of drug-likeness (QED) is 0.411. The highest BCUT2D eigenvalue weighted by molar-refractivity contribution is 8.00. The first kappa shape index (κ1) is 22.5. The van der Waals surface area contributed by atoms with Gasteiger partial charge in [-0.25, -0.2) is 8.42 Å². The van der Waals surface area contributed by atoms with Crippen molar-refractivity contribution in [2.75, 3.05) is 10.0 Å². The fraction of sp³-hybridized carbons (Fsp3) is 0.0952. The predicted octanol–water partition coefficient (Wildman–Crippen LogP) is 5.91. The van der Waals surface area contributed by atoms with Crippen molar-refractivity contribution in [2.45, 2.75) is 22.0 Å². The minimum Gasteiger partial charge on any atom is -0.325 e. The van der Waals surface area contributed by atoms with Crippen LogP contribution in [0.5, 0.6) is 0 Å². The summed E-state index contributed by atoms with van der Waals surface area (Å²) in [6.45, 7) is 1.78. The molecule has 0 bridgehead atoms. The molecule has 0 heterocycles. The SMILES string of the molecule is CC(Sc1ccc(NS(=O)(=O)c2ccccc2)cc1)C(=O)Nc1cc(Cl)cc(Cl)c1. The molecule has 9 heteroatoms. The number of rotatable bonds is 7. The van der Waals surface area contributed by atoms with E-state index in [-0.39, 0.29) is 10.8 Å². The molecule has 3 rings (SSSR count). The van der Waals surface area contributed by atoms with Crippen molar-refractivity contribution in [3.63, 3.8) is 0 Å². The van der Waals surface area contributed by atoms with Crippen LogP contribution in [0.2, 0.25) is 10.0 Å². The van der Waals surface area contributed by atoms with Crippen LogP contribution in [-0.4, -0.2) is 19.6 Å². The van der Waals surface area contributed by atoms with Gasteiger partial charge in [-0.15, -0.1) is 11.8 Å². The summed E-state index contributed by atoms with van der Waals surface area (Å²) >= 11 is 13.3. The van der Waals surface area contributed by atoms with Gasteiger partial charge in [0.2, 0.25) is 5.91 Å². The third-order valence-corrected chi connectivity index (χ3v) is 6.92. The zero-order chi connectivity index (χ0) is 21.7. The predicted molar refractivity (Wildman–Crippen MR) is 124 cm³/mol. The van der Waals surface area contributed by atoms with Crippen LogP contribution in [0.1, 0.15) is 6.92 Å². The molecule has 3 aromatic rings. The average Bonchev–Trinajstić information content (AvgIpc) is 2.69. The molecule has 2 N–H and O–H groups in total. The van der Waals surface area contributed by atoms with Gasteiger partial charge in [-0.2, -0.15) is 0 Å². The number of hydrogen-bond acceptors (Lipinski definition) is 4. The van der Waals surface area contributed by atoms with E-state index in [0.29, 0.717) is 21.4 Å². The summed E-state index contributed by atoms with van der Waals surface area (Å²) in [6, 6.07) is 19.8. The van der Waals surface area contributed by atoms with E-state index < -0.39 is 15.3 Å². The lowest BCUT2D eigenvalue weighted by Crippen LogP contribution is -2.22. The normalized spacial score (nSPS) is 12.2. The number of sulfonamides is 1. The van der Waals surface area contributed by atoms with Crippen LogP contribution in [0.4, 0.5) is 11.4 Å². The van der Waals surface area contributed by atoms with Crippen molar-refractivity contribution in [3.05, 3.63) is 82.8 Å². The molecule has 1 atom stereocenters. The van der Waals surface area contributed by atoms with Crippen LogP contribution >= 0.6 is 35.0 Å². The second-order valence-corrected chi connectivity index (χ2v) is 10.3. The highest BCUT2D eigenvalue weighted by Gasteiger charge is 2.16. The fourth-order valence-electron chi connectivity index (χ4n) is 2.54. The third kappa shape index (κ3) is 6.15. The number of nitrogens with one attached hydrogen (secondary N) is 2. The average molecular weight is 481 g/mol. The van der Waals surface area contributed by atoms with Gasteiger partial charge in [0.15, 0.2) is 0 Å². The number of carbonyl (C=O) groups is 1. The highest BCUT2D eigenvalue weighted by atomic mass is 35.5. The largest absolute Gasteiger partial charge is 0.325 e. The molecule has 0 spiro atoms. The first-order valence-corrected chi connectivity index (χ1v) is 12.0. The Kier molecular flexibility index (Phi) is 7.31. The number of halogens is 2. The smallest absolute Gasteiger partial charge is 0.261 e. The summed E-state index contributed by atoms with van der Waals surface area (Å²) in [4.78, 5) is 13.5. The van der Waals surface area contributed by atoms with Gasteiger partial charge in [-0.1, -0.05) is 41.4 Å². The molecule has 0 fully saturated rings. The van der Waals surface area contributed by atoms with E-state index in [1.54, 1.807) is 67.6 Å². The molecule has 3 aromatic carbocycles. The topological polar surface area (TPSA) is 75.3 Å². The third-order valence-electron chi connectivity index (χ3n) is 3.97. The second-order valence-electron chi connectivity index (χ2n) is 6.35. The molecule has 156 valence electrons. The van der Waals surface area contributed by atoms with E-state index in [0.717, 1.165) is 4.90 Å². The summed E-state index contributed by atoms with van der Waals surface area (Å²) in [5.74, 6) is -0.202. The molecule has 0 aliphatic rings. The number of benzene rings is 3. The molecular formula is C21H18Cl2N2O3S2. The van der Waals surface area contributed by atoms with Crippen LogP contribution in [0.3, 0.4) is 0 Å². The fourth-order valence-corrected chi connectivity index (χ4v) is 5.02. The highest BCUT2D eigenvalue weighted by Crippen LogP contribution is 2.28. The summed E-state index contributed by atoms with van der Waals surface area (Å²) in [5, 5.41) is 3.26. The zero-order valence-electron chi connectivity index (χ0n) is 15.8. The van der Waals surface area contributed by atoms with Crippen molar-refractivity contribution in [2.24, 2.45) is 0 Å². The van der Waals surface area contributed by atoms with Crippen molar-refractivity contribution < 1.29 is 13.2 Å². The molecule has 1 amide bonds. The molecule has 0 saturated heterocycles. The maximum Gasteiger partial charge on any atom is 0.261 e. The van der Waals surface area contributed by atoms with E-state index in [1.807, 2.05) is 0 Å². The Morgan fingerprint density at radius 2 is 1.50 bits per heavy atom. The number of carbonyl (C=O) groups excluding carboxylic acids is 1. The summed E-state index contributed by atoms with van der Waals surface area (Å²) in [6.07, 6.45) is 0. The Labute approximate surface area is 189 Å². The molecule has 30 heavy (non-hydrogen) atoms. The van der Waals surface area contributed by atoms with E-state index in [2.05, 4.69) is 10.0 Å². The number of thioether (sulfide) groups is 1. The molecule has 0 aromatic heterocycles. The van der Waals surface area contributed by atoms with Gasteiger partial charge < -0.3 is 5.32 Å². The number of hydrogen-bond donors (Lipinski definition) is 2. The van der Waals surface area contributed by atoms with E-state index in [1.165, 1.54) is 23.9 Å². The second kappa shape index (κ2) is 9.75. The Morgan fingerprint density at radius 3 is 2.10 bits per heavy atom. The minimum absolute atomic E-state index is 0.190. The summed E-state index contributed by atoms with van der Waals surface area (Å²) < 4.78 is 27.3. The molecule has 5 nitrogen and oxygen atoms in total. The first-order chi connectivity index (χ1) is 14.2. The maximum atomic E-state index is 12.4.